The zero-order valence-electron chi connectivity index (χ0n) is 12.5. The summed E-state index contributed by atoms with van der Waals surface area (Å²) < 4.78 is 0. The van der Waals surface area contributed by atoms with E-state index in [-0.39, 0.29) is 0 Å². The zero-order valence-corrected chi connectivity index (χ0v) is 12.5. The van der Waals surface area contributed by atoms with Crippen LogP contribution in [0.2, 0.25) is 0 Å². The molecule has 0 fully saturated rings. The van der Waals surface area contributed by atoms with Gasteiger partial charge in [-0.1, -0.05) is 0 Å². The van der Waals surface area contributed by atoms with Gasteiger partial charge in [0.1, 0.15) is 18.2 Å². The molecular formula is C14H21N5O. The fraction of sp³-hybridized carbons (Fsp3) is 0.500. The highest BCUT2D eigenvalue weighted by Gasteiger charge is 2.35. The molecule has 0 saturated carbocycles. The number of nitrogens with one attached hydrogen (secondary N) is 1. The summed E-state index contributed by atoms with van der Waals surface area (Å²) in [6.07, 6.45) is 3.88. The van der Waals surface area contributed by atoms with Crippen LogP contribution in [0.25, 0.3) is 0 Å². The number of aliphatic imine (C=N–C) groups is 1. The van der Waals surface area contributed by atoms with Crippen LogP contribution in [0.4, 0.5) is 0 Å². The highest BCUT2D eigenvalue weighted by atomic mass is 16.7. The van der Waals surface area contributed by atoms with Crippen LogP contribution < -0.4 is 5.32 Å². The van der Waals surface area contributed by atoms with Crippen molar-refractivity contribution in [2.75, 3.05) is 33.9 Å². The summed E-state index contributed by atoms with van der Waals surface area (Å²) in [7, 11) is 3.64. The Hall–Kier alpha value is -1.95. The van der Waals surface area contributed by atoms with Crippen LogP contribution in [0.3, 0.4) is 0 Å². The number of likely N-dealkylation sites (N-methyl/N-ethyl adjacent to an activating group) is 2. The van der Waals surface area contributed by atoms with E-state index in [0.29, 0.717) is 6.67 Å². The van der Waals surface area contributed by atoms with Gasteiger partial charge in [-0.25, -0.2) is 10.1 Å². The third-order valence-electron chi connectivity index (χ3n) is 3.92. The molecule has 0 bridgehead atoms. The van der Waals surface area contributed by atoms with Crippen LogP contribution in [-0.4, -0.2) is 55.0 Å². The van der Waals surface area contributed by atoms with Gasteiger partial charge in [0.2, 0.25) is 0 Å². The van der Waals surface area contributed by atoms with Crippen LogP contribution in [0.15, 0.2) is 39.7 Å². The van der Waals surface area contributed by atoms with Gasteiger partial charge >= 0.3 is 0 Å². The zero-order chi connectivity index (χ0) is 14.3. The molecule has 20 heavy (non-hydrogen) atoms. The predicted molar refractivity (Wildman–Crippen MR) is 78.2 cm³/mol. The van der Waals surface area contributed by atoms with Crippen molar-refractivity contribution in [3.8, 4) is 0 Å². The van der Waals surface area contributed by atoms with Crippen molar-refractivity contribution in [2.45, 2.75) is 13.8 Å². The van der Waals surface area contributed by atoms with E-state index in [1.807, 2.05) is 24.5 Å². The summed E-state index contributed by atoms with van der Waals surface area (Å²) in [6, 6.07) is 0. The molecule has 0 amide bonds. The van der Waals surface area contributed by atoms with E-state index in [1.54, 1.807) is 7.11 Å². The molecule has 0 atom stereocenters. The van der Waals surface area contributed by atoms with Gasteiger partial charge in [-0.05, 0) is 19.4 Å². The second kappa shape index (κ2) is 4.86. The van der Waals surface area contributed by atoms with Gasteiger partial charge in [-0.15, -0.1) is 0 Å². The first-order chi connectivity index (χ1) is 9.69. The fourth-order valence-electron chi connectivity index (χ4n) is 2.93. The molecule has 0 aromatic heterocycles. The van der Waals surface area contributed by atoms with Gasteiger partial charge in [-0.3, -0.25) is 4.84 Å². The van der Waals surface area contributed by atoms with Crippen molar-refractivity contribution in [3.63, 3.8) is 0 Å². The van der Waals surface area contributed by atoms with Crippen LogP contribution in [0, 0.1) is 0 Å². The summed E-state index contributed by atoms with van der Waals surface area (Å²) in [5, 5.41) is 5.11. The van der Waals surface area contributed by atoms with Crippen molar-refractivity contribution >= 4 is 6.21 Å². The molecule has 0 spiro atoms. The largest absolute Gasteiger partial charge is 0.386 e. The quantitative estimate of drug-likeness (QED) is 0.834. The van der Waals surface area contributed by atoms with E-state index in [0.717, 1.165) is 36.0 Å². The minimum Gasteiger partial charge on any atom is -0.386 e. The lowest BCUT2D eigenvalue weighted by Crippen LogP contribution is -2.42. The van der Waals surface area contributed by atoms with E-state index >= 15 is 0 Å². The Morgan fingerprint density at radius 1 is 1.45 bits per heavy atom. The van der Waals surface area contributed by atoms with Crippen molar-refractivity contribution in [1.82, 2.24) is 20.2 Å². The lowest BCUT2D eigenvalue weighted by Gasteiger charge is -2.40. The summed E-state index contributed by atoms with van der Waals surface area (Å²) in [5.41, 5.74) is 4.55. The first-order valence-corrected chi connectivity index (χ1v) is 6.90. The molecule has 3 heterocycles. The number of hydrogen-bond acceptors (Lipinski definition) is 6. The Kier molecular flexibility index (Phi) is 3.17. The topological polar surface area (TPSA) is 43.3 Å². The molecule has 3 aliphatic rings. The van der Waals surface area contributed by atoms with Crippen molar-refractivity contribution in [1.29, 1.82) is 0 Å². The van der Waals surface area contributed by atoms with E-state index in [1.165, 1.54) is 5.57 Å². The molecular weight excluding hydrogens is 254 g/mol. The predicted octanol–water partition coefficient (Wildman–Crippen LogP) is 1.05. The maximum absolute atomic E-state index is 5.31. The Balaban J connectivity index is 2.06. The monoisotopic (exact) mass is 275 g/mol. The lowest BCUT2D eigenvalue weighted by molar-refractivity contribution is -0.0971. The molecule has 0 radical (unpaired) electrons. The van der Waals surface area contributed by atoms with E-state index in [4.69, 9.17) is 4.84 Å². The third-order valence-corrected chi connectivity index (χ3v) is 3.92. The van der Waals surface area contributed by atoms with Gasteiger partial charge in [0.25, 0.3) is 0 Å². The number of nitrogens with zero attached hydrogens (tertiary/aromatic N) is 4. The number of rotatable bonds is 3. The summed E-state index contributed by atoms with van der Waals surface area (Å²) in [5.74, 6) is 1.16. The molecule has 108 valence electrons. The van der Waals surface area contributed by atoms with Gasteiger partial charge in [0.15, 0.2) is 0 Å². The van der Waals surface area contributed by atoms with Gasteiger partial charge in [0, 0.05) is 20.1 Å². The summed E-state index contributed by atoms with van der Waals surface area (Å²) in [4.78, 5) is 14.6. The fourth-order valence-corrected chi connectivity index (χ4v) is 2.93. The molecule has 0 aromatic carbocycles. The molecule has 6 heteroatoms. The normalized spacial score (nSPS) is 21.4. The van der Waals surface area contributed by atoms with Crippen LogP contribution >= 0.6 is 0 Å². The first kappa shape index (κ1) is 13.1. The SMILES string of the molecule is CCN1CC(C)=C(NC)C2=C1N1CN(OC)C=C1C=N2. The van der Waals surface area contributed by atoms with Gasteiger partial charge < -0.3 is 15.1 Å². The van der Waals surface area contributed by atoms with Crippen molar-refractivity contribution < 1.29 is 4.84 Å². The lowest BCUT2D eigenvalue weighted by atomic mass is 10.1. The van der Waals surface area contributed by atoms with Gasteiger partial charge in [0.05, 0.1) is 30.9 Å². The van der Waals surface area contributed by atoms with Crippen LogP contribution in [0.1, 0.15) is 13.8 Å². The minimum absolute atomic E-state index is 0.698. The Morgan fingerprint density at radius 2 is 2.25 bits per heavy atom. The molecule has 0 aromatic rings. The van der Waals surface area contributed by atoms with Crippen LogP contribution in [-0.2, 0) is 4.84 Å². The average Bonchev–Trinajstić information content (AvgIpc) is 2.89. The maximum Gasteiger partial charge on any atom is 0.139 e. The Labute approximate surface area is 119 Å². The second-order valence-corrected chi connectivity index (χ2v) is 5.07. The van der Waals surface area contributed by atoms with E-state index < -0.39 is 0 Å². The number of fused-ring (bicyclic) bond motifs is 2. The molecule has 0 aliphatic carbocycles. The molecule has 3 aliphatic heterocycles. The summed E-state index contributed by atoms with van der Waals surface area (Å²) in [6.45, 7) is 6.92. The number of hydroxylamine groups is 2. The molecule has 0 unspecified atom stereocenters. The molecule has 1 N–H and O–H groups in total. The Bertz CT molecular complexity index is 546. The minimum atomic E-state index is 0.698. The van der Waals surface area contributed by atoms with Crippen molar-refractivity contribution in [2.24, 2.45) is 4.99 Å². The first-order valence-electron chi connectivity index (χ1n) is 6.90. The Morgan fingerprint density at radius 3 is 2.90 bits per heavy atom. The number of allylic oxidation sites excluding steroid dienone is 1. The molecule has 3 rings (SSSR count). The highest BCUT2D eigenvalue weighted by molar-refractivity contribution is 5.82. The smallest absolute Gasteiger partial charge is 0.139 e. The van der Waals surface area contributed by atoms with E-state index in [2.05, 4.69) is 34.0 Å². The summed E-state index contributed by atoms with van der Waals surface area (Å²) >= 11 is 0. The van der Waals surface area contributed by atoms with Gasteiger partial charge in [-0.2, -0.15) is 0 Å². The maximum atomic E-state index is 5.31. The standard InChI is InChI=1S/C14H21N5O/c1-5-17-7-10(2)12(15-3)13-14(17)19-9-18(20-4)8-11(19)6-16-13/h6,8,15H,5,7,9H2,1-4H3. The van der Waals surface area contributed by atoms with E-state index in [9.17, 15) is 0 Å². The molecule has 6 nitrogen and oxygen atoms in total. The number of hydrogen-bond donors (Lipinski definition) is 1. The third kappa shape index (κ3) is 1.79. The average molecular weight is 275 g/mol. The van der Waals surface area contributed by atoms with Crippen molar-refractivity contribution in [3.05, 3.63) is 34.7 Å². The second-order valence-electron chi connectivity index (χ2n) is 5.07. The highest BCUT2D eigenvalue weighted by Crippen LogP contribution is 2.35. The molecule has 0 saturated heterocycles. The van der Waals surface area contributed by atoms with Crippen LogP contribution in [0.5, 0.6) is 0 Å².